The van der Waals surface area contributed by atoms with Crippen LogP contribution in [0.4, 0.5) is 0 Å². The molecule has 0 radical (unpaired) electrons. The minimum Gasteiger partial charge on any atom is -0.323 e. The Morgan fingerprint density at radius 1 is 1.38 bits per heavy atom. The second kappa shape index (κ2) is 4.08. The van der Waals surface area contributed by atoms with Crippen LogP contribution in [0, 0.1) is 6.92 Å². The molecular formula is C11H16N2. The van der Waals surface area contributed by atoms with E-state index in [2.05, 4.69) is 44.1 Å². The van der Waals surface area contributed by atoms with E-state index in [1.165, 1.54) is 11.1 Å². The highest BCUT2D eigenvalue weighted by atomic mass is 15.1. The molecule has 0 aliphatic heterocycles. The molecule has 1 aromatic carbocycles. The van der Waals surface area contributed by atoms with Crippen LogP contribution in [0.5, 0.6) is 0 Å². The molecule has 1 aromatic rings. The maximum Gasteiger partial charge on any atom is 0.0540 e. The van der Waals surface area contributed by atoms with Crippen LogP contribution in [0.25, 0.3) is 0 Å². The molecule has 0 bridgehead atoms. The lowest BCUT2D eigenvalue weighted by Crippen LogP contribution is -1.94. The largest absolute Gasteiger partial charge is 0.323 e. The summed E-state index contributed by atoms with van der Waals surface area (Å²) in [5.41, 5.74) is 3.63. The average molecular weight is 176 g/mol. The lowest BCUT2D eigenvalue weighted by Gasteiger charge is -2.07. The first-order chi connectivity index (χ1) is 6.15. The number of aryl methyl sites for hydroxylation is 1. The lowest BCUT2D eigenvalue weighted by atomic mass is 9.98. The first-order valence-corrected chi connectivity index (χ1v) is 4.49. The predicted molar refractivity (Wildman–Crippen MR) is 57.0 cm³/mol. The molecule has 0 atom stereocenters. The normalized spacial score (nSPS) is 11.4. The van der Waals surface area contributed by atoms with Crippen molar-refractivity contribution in [1.29, 1.82) is 0 Å². The number of nitrogens with zero attached hydrogens (tertiary/aromatic N) is 1. The van der Waals surface area contributed by atoms with Crippen LogP contribution < -0.4 is 5.84 Å². The van der Waals surface area contributed by atoms with Crippen LogP contribution in [0.2, 0.25) is 0 Å². The summed E-state index contributed by atoms with van der Waals surface area (Å²) in [6.45, 7) is 6.41. The zero-order valence-corrected chi connectivity index (χ0v) is 8.41. The van der Waals surface area contributed by atoms with Crippen LogP contribution in [0.3, 0.4) is 0 Å². The van der Waals surface area contributed by atoms with Crippen molar-refractivity contribution in [3.63, 3.8) is 0 Å². The van der Waals surface area contributed by atoms with Crippen molar-refractivity contribution in [3.8, 4) is 0 Å². The molecule has 0 fully saturated rings. The van der Waals surface area contributed by atoms with Crippen molar-refractivity contribution in [2.24, 2.45) is 10.9 Å². The molecule has 2 N–H and O–H groups in total. The van der Waals surface area contributed by atoms with Gasteiger partial charge in [0.05, 0.1) is 6.21 Å². The van der Waals surface area contributed by atoms with Crippen molar-refractivity contribution < 1.29 is 0 Å². The van der Waals surface area contributed by atoms with Gasteiger partial charge in [0.2, 0.25) is 0 Å². The molecule has 1 rings (SSSR count). The van der Waals surface area contributed by atoms with E-state index in [4.69, 9.17) is 5.84 Å². The third-order valence-electron chi connectivity index (χ3n) is 2.18. The molecule has 13 heavy (non-hydrogen) atoms. The molecule has 0 saturated heterocycles. The molecule has 2 heteroatoms. The summed E-state index contributed by atoms with van der Waals surface area (Å²) >= 11 is 0. The number of hydrogen-bond acceptors (Lipinski definition) is 2. The molecule has 0 heterocycles. The minimum absolute atomic E-state index is 0.547. The number of benzene rings is 1. The lowest BCUT2D eigenvalue weighted by molar-refractivity contribution is 0.865. The Labute approximate surface area is 79.5 Å². The number of hydrazone groups is 1. The fourth-order valence-electron chi connectivity index (χ4n) is 1.24. The summed E-state index contributed by atoms with van der Waals surface area (Å²) in [6, 6.07) is 6.39. The highest BCUT2D eigenvalue weighted by Crippen LogP contribution is 2.17. The third kappa shape index (κ3) is 2.31. The highest BCUT2D eigenvalue weighted by Gasteiger charge is 2.01. The summed E-state index contributed by atoms with van der Waals surface area (Å²) < 4.78 is 0. The molecule has 2 nitrogen and oxygen atoms in total. The molecule has 0 aliphatic carbocycles. The molecular weight excluding hydrogens is 160 g/mol. The second-order valence-electron chi connectivity index (χ2n) is 3.55. The molecule has 0 unspecified atom stereocenters. The summed E-state index contributed by atoms with van der Waals surface area (Å²) in [4.78, 5) is 0. The minimum atomic E-state index is 0.547. The standard InChI is InChI=1S/C11H16N2/c1-8(2)10-5-4-9(3)11(6-10)7-13-12/h4-8H,12H2,1-3H3/b13-7-. The third-order valence-corrected chi connectivity index (χ3v) is 2.18. The Kier molecular flexibility index (Phi) is 3.07. The molecule has 0 spiro atoms. The van der Waals surface area contributed by atoms with Crippen LogP contribution in [0.15, 0.2) is 23.3 Å². The monoisotopic (exact) mass is 176 g/mol. The predicted octanol–water partition coefficient (Wildman–Crippen LogP) is 2.41. The Bertz CT molecular complexity index is 314. The van der Waals surface area contributed by atoms with Gasteiger partial charge in [-0.3, -0.25) is 0 Å². The van der Waals surface area contributed by atoms with Crippen molar-refractivity contribution in [1.82, 2.24) is 0 Å². The van der Waals surface area contributed by atoms with E-state index in [9.17, 15) is 0 Å². The Morgan fingerprint density at radius 3 is 2.62 bits per heavy atom. The first kappa shape index (κ1) is 9.78. The summed E-state index contributed by atoms with van der Waals surface area (Å²) in [6.07, 6.45) is 1.70. The van der Waals surface area contributed by atoms with Crippen LogP contribution in [0.1, 0.15) is 36.5 Å². The van der Waals surface area contributed by atoms with Crippen molar-refractivity contribution in [3.05, 3.63) is 34.9 Å². The number of rotatable bonds is 2. The van der Waals surface area contributed by atoms with Gasteiger partial charge in [-0.1, -0.05) is 26.0 Å². The van der Waals surface area contributed by atoms with Gasteiger partial charge in [-0.05, 0) is 35.6 Å². The van der Waals surface area contributed by atoms with Gasteiger partial charge in [0.25, 0.3) is 0 Å². The smallest absolute Gasteiger partial charge is 0.0540 e. The summed E-state index contributed by atoms with van der Waals surface area (Å²) in [7, 11) is 0. The van der Waals surface area contributed by atoms with Crippen molar-refractivity contribution >= 4 is 6.21 Å². The maximum atomic E-state index is 5.13. The van der Waals surface area contributed by atoms with Gasteiger partial charge >= 0.3 is 0 Å². The van der Waals surface area contributed by atoms with Crippen LogP contribution >= 0.6 is 0 Å². The van der Waals surface area contributed by atoms with E-state index in [0.29, 0.717) is 5.92 Å². The van der Waals surface area contributed by atoms with E-state index in [-0.39, 0.29) is 0 Å². The van der Waals surface area contributed by atoms with Gasteiger partial charge < -0.3 is 5.84 Å². The summed E-state index contributed by atoms with van der Waals surface area (Å²) in [5.74, 6) is 5.67. The Morgan fingerprint density at radius 2 is 2.08 bits per heavy atom. The van der Waals surface area contributed by atoms with E-state index < -0.39 is 0 Å². The van der Waals surface area contributed by atoms with E-state index in [1.807, 2.05) is 0 Å². The van der Waals surface area contributed by atoms with E-state index in [1.54, 1.807) is 6.21 Å². The quantitative estimate of drug-likeness (QED) is 0.419. The average Bonchev–Trinajstić information content (AvgIpc) is 2.08. The Hall–Kier alpha value is -1.31. The van der Waals surface area contributed by atoms with Gasteiger partial charge in [0.1, 0.15) is 0 Å². The topological polar surface area (TPSA) is 38.4 Å². The SMILES string of the molecule is Cc1ccc(C(C)C)cc1/C=N\N. The number of hydrogen-bond donors (Lipinski definition) is 1. The molecule has 0 aromatic heterocycles. The highest BCUT2D eigenvalue weighted by molar-refractivity contribution is 5.81. The Balaban J connectivity index is 3.11. The van der Waals surface area contributed by atoms with Gasteiger partial charge in [0.15, 0.2) is 0 Å². The number of nitrogens with two attached hydrogens (primary N) is 1. The van der Waals surface area contributed by atoms with E-state index >= 15 is 0 Å². The maximum absolute atomic E-state index is 5.13. The fraction of sp³-hybridized carbons (Fsp3) is 0.364. The summed E-state index contributed by atoms with van der Waals surface area (Å²) in [5, 5.41) is 3.54. The molecule has 0 aliphatic rings. The van der Waals surface area contributed by atoms with Crippen molar-refractivity contribution in [2.45, 2.75) is 26.7 Å². The molecule has 70 valence electrons. The zero-order valence-electron chi connectivity index (χ0n) is 8.41. The fourth-order valence-corrected chi connectivity index (χ4v) is 1.24. The molecule has 0 amide bonds. The van der Waals surface area contributed by atoms with Gasteiger partial charge in [-0.2, -0.15) is 5.10 Å². The van der Waals surface area contributed by atoms with Gasteiger partial charge in [-0.15, -0.1) is 0 Å². The van der Waals surface area contributed by atoms with Gasteiger partial charge in [0, 0.05) is 0 Å². The first-order valence-electron chi connectivity index (χ1n) is 4.49. The van der Waals surface area contributed by atoms with Gasteiger partial charge in [-0.25, -0.2) is 0 Å². The van der Waals surface area contributed by atoms with Crippen LogP contribution in [-0.4, -0.2) is 6.21 Å². The van der Waals surface area contributed by atoms with E-state index in [0.717, 1.165) is 5.56 Å². The van der Waals surface area contributed by atoms with Crippen LogP contribution in [-0.2, 0) is 0 Å². The second-order valence-corrected chi connectivity index (χ2v) is 3.55. The molecule has 0 saturated carbocycles. The van der Waals surface area contributed by atoms with Crippen molar-refractivity contribution in [2.75, 3.05) is 0 Å². The zero-order chi connectivity index (χ0) is 9.84.